The number of nitrogens with zero attached hydrogens (tertiary/aromatic N) is 1. The number of pyridine rings is 1. The van der Waals surface area contributed by atoms with Gasteiger partial charge in [0, 0.05) is 6.61 Å². The Balaban J connectivity index is 3.21. The van der Waals surface area contributed by atoms with Crippen LogP contribution in [0, 0.1) is 0 Å². The molecule has 0 saturated heterocycles. The Morgan fingerprint density at radius 3 is 2.50 bits per heavy atom. The summed E-state index contributed by atoms with van der Waals surface area (Å²) in [7, 11) is 0. The van der Waals surface area contributed by atoms with Gasteiger partial charge < -0.3 is 9.84 Å². The molecule has 0 amide bonds. The largest absolute Gasteiger partial charge is 0.449 e. The van der Waals surface area contributed by atoms with Crippen molar-refractivity contribution in [1.82, 2.24) is 4.98 Å². The summed E-state index contributed by atoms with van der Waals surface area (Å²) in [6.45, 7) is 1.07. The molecule has 1 aromatic rings. The van der Waals surface area contributed by atoms with Gasteiger partial charge in [-0.3, -0.25) is 0 Å². The minimum atomic E-state index is -4.95. The zero-order valence-corrected chi connectivity index (χ0v) is 9.84. The van der Waals surface area contributed by atoms with Crippen LogP contribution in [0.2, 0.25) is 0 Å². The third-order valence-electron chi connectivity index (χ3n) is 1.80. The number of halogens is 4. The molecule has 1 N–H and O–H groups in total. The van der Waals surface area contributed by atoms with Crippen LogP contribution in [0.4, 0.5) is 13.2 Å². The summed E-state index contributed by atoms with van der Waals surface area (Å²) in [4.78, 5) is 3.55. The molecule has 1 unspecified atom stereocenters. The van der Waals surface area contributed by atoms with Gasteiger partial charge in [-0.1, -0.05) is 6.07 Å². The fraction of sp³-hybridized carbons (Fsp3) is 0.444. The Hall–Kier alpha value is -0.660. The quantitative estimate of drug-likeness (QED) is 0.689. The van der Waals surface area contributed by atoms with E-state index in [9.17, 15) is 18.3 Å². The van der Waals surface area contributed by atoms with E-state index in [0.717, 1.165) is 6.07 Å². The number of aromatic nitrogens is 1. The van der Waals surface area contributed by atoms with Crippen LogP contribution in [-0.2, 0) is 10.5 Å². The van der Waals surface area contributed by atoms with Crippen LogP contribution >= 0.6 is 15.9 Å². The second kappa shape index (κ2) is 4.68. The third-order valence-corrected chi connectivity index (χ3v) is 2.24. The zero-order chi connectivity index (χ0) is 12.4. The van der Waals surface area contributed by atoms with Crippen LogP contribution in [0.3, 0.4) is 0 Å². The molecular weight excluding hydrogens is 291 g/mol. The highest BCUT2D eigenvalue weighted by molar-refractivity contribution is 9.10. The molecule has 0 radical (unpaired) electrons. The van der Waals surface area contributed by atoms with Gasteiger partial charge in [0.2, 0.25) is 0 Å². The summed E-state index contributed by atoms with van der Waals surface area (Å²) in [5.74, 6) is -3.37. The van der Waals surface area contributed by atoms with Crippen molar-refractivity contribution in [2.45, 2.75) is 18.9 Å². The van der Waals surface area contributed by atoms with Gasteiger partial charge in [-0.2, -0.15) is 13.2 Å². The zero-order valence-electron chi connectivity index (χ0n) is 8.25. The Morgan fingerprint density at radius 2 is 2.06 bits per heavy atom. The lowest BCUT2D eigenvalue weighted by Crippen LogP contribution is -2.45. The lowest BCUT2D eigenvalue weighted by atomic mass is 10.1. The standard InChI is InChI=1S/C9H9BrF3NO2/c1-2-16-8(15,9(11,12)13)6-4-3-5-7(10)14-6/h3-5,15H,2H2,1H3. The van der Waals surface area contributed by atoms with Crippen molar-refractivity contribution in [3.05, 3.63) is 28.5 Å². The minimum absolute atomic E-state index is 0.187. The number of ether oxygens (including phenoxy) is 1. The second-order valence-corrected chi connectivity index (χ2v) is 3.73. The van der Waals surface area contributed by atoms with Crippen LogP contribution in [0.25, 0.3) is 0 Å². The summed E-state index contributed by atoms with van der Waals surface area (Å²) in [5, 5.41) is 9.51. The molecule has 0 aromatic carbocycles. The van der Waals surface area contributed by atoms with Crippen LogP contribution in [0.1, 0.15) is 12.6 Å². The highest BCUT2D eigenvalue weighted by Gasteiger charge is 2.57. The molecule has 0 aliphatic carbocycles. The summed E-state index contributed by atoms with van der Waals surface area (Å²) in [6.07, 6.45) is -4.95. The Kier molecular flexibility index (Phi) is 3.92. The molecule has 0 fully saturated rings. The summed E-state index contributed by atoms with van der Waals surface area (Å²) >= 11 is 2.93. The van der Waals surface area contributed by atoms with Crippen LogP contribution in [0.5, 0.6) is 0 Å². The number of aliphatic hydroxyl groups is 1. The molecular formula is C9H9BrF3NO2. The van der Waals surface area contributed by atoms with Gasteiger partial charge in [0.05, 0.1) is 0 Å². The lowest BCUT2D eigenvalue weighted by molar-refractivity contribution is -0.376. The predicted molar refractivity (Wildman–Crippen MR) is 53.5 cm³/mol. The Labute approximate surface area is 98.4 Å². The van der Waals surface area contributed by atoms with Crippen molar-refractivity contribution < 1.29 is 23.0 Å². The van der Waals surface area contributed by atoms with Gasteiger partial charge in [0.25, 0.3) is 0 Å². The van der Waals surface area contributed by atoms with E-state index in [1.807, 2.05) is 0 Å². The molecule has 1 rings (SSSR count). The molecule has 90 valence electrons. The fourth-order valence-electron chi connectivity index (χ4n) is 1.11. The fourth-order valence-corrected chi connectivity index (χ4v) is 1.45. The second-order valence-electron chi connectivity index (χ2n) is 2.92. The SMILES string of the molecule is CCOC(O)(c1cccc(Br)n1)C(F)(F)F. The van der Waals surface area contributed by atoms with E-state index in [2.05, 4.69) is 25.7 Å². The van der Waals surface area contributed by atoms with E-state index in [4.69, 9.17) is 0 Å². The number of hydrogen-bond acceptors (Lipinski definition) is 3. The first kappa shape index (κ1) is 13.4. The van der Waals surface area contributed by atoms with Crippen molar-refractivity contribution in [2.75, 3.05) is 6.61 Å². The van der Waals surface area contributed by atoms with Crippen molar-refractivity contribution >= 4 is 15.9 Å². The van der Waals surface area contributed by atoms with E-state index in [1.54, 1.807) is 0 Å². The van der Waals surface area contributed by atoms with Gasteiger partial charge >= 0.3 is 12.0 Å². The first-order valence-electron chi connectivity index (χ1n) is 4.37. The van der Waals surface area contributed by atoms with Gasteiger partial charge in [-0.25, -0.2) is 4.98 Å². The van der Waals surface area contributed by atoms with Crippen LogP contribution in [-0.4, -0.2) is 22.9 Å². The Bertz CT molecular complexity index is 372. The van der Waals surface area contributed by atoms with E-state index < -0.39 is 17.7 Å². The van der Waals surface area contributed by atoms with Crippen molar-refractivity contribution in [2.24, 2.45) is 0 Å². The maximum Gasteiger partial charge on any atom is 0.449 e. The van der Waals surface area contributed by atoms with Gasteiger partial charge in [0.1, 0.15) is 10.3 Å². The molecule has 3 nitrogen and oxygen atoms in total. The van der Waals surface area contributed by atoms with E-state index in [-0.39, 0.29) is 11.2 Å². The molecule has 1 aromatic heterocycles. The highest BCUT2D eigenvalue weighted by Crippen LogP contribution is 2.39. The van der Waals surface area contributed by atoms with Crippen LogP contribution in [0.15, 0.2) is 22.8 Å². The summed E-state index contributed by atoms with van der Waals surface area (Å²) in [6, 6.07) is 3.84. The van der Waals surface area contributed by atoms with E-state index in [1.165, 1.54) is 19.1 Å². The van der Waals surface area contributed by atoms with Crippen molar-refractivity contribution in [1.29, 1.82) is 0 Å². The maximum atomic E-state index is 12.7. The normalized spacial score (nSPS) is 15.9. The van der Waals surface area contributed by atoms with E-state index >= 15 is 0 Å². The molecule has 0 saturated carbocycles. The molecule has 7 heteroatoms. The van der Waals surface area contributed by atoms with Crippen molar-refractivity contribution in [3.63, 3.8) is 0 Å². The average molecular weight is 300 g/mol. The number of rotatable bonds is 3. The molecule has 0 aliphatic rings. The maximum absolute atomic E-state index is 12.7. The summed E-state index contributed by atoms with van der Waals surface area (Å²) in [5.41, 5.74) is -0.601. The average Bonchev–Trinajstić information content (AvgIpc) is 2.16. The first-order chi connectivity index (χ1) is 7.31. The summed E-state index contributed by atoms with van der Waals surface area (Å²) < 4.78 is 42.6. The molecule has 1 atom stereocenters. The monoisotopic (exact) mass is 299 g/mol. The number of hydrogen-bond donors (Lipinski definition) is 1. The predicted octanol–water partition coefficient (Wildman–Crippen LogP) is 2.59. The lowest BCUT2D eigenvalue weighted by Gasteiger charge is -2.29. The molecule has 0 bridgehead atoms. The van der Waals surface area contributed by atoms with E-state index in [0.29, 0.717) is 0 Å². The molecule has 0 aliphatic heterocycles. The minimum Gasteiger partial charge on any atom is -0.354 e. The molecule has 16 heavy (non-hydrogen) atoms. The van der Waals surface area contributed by atoms with Gasteiger partial charge in [0.15, 0.2) is 0 Å². The van der Waals surface area contributed by atoms with Crippen LogP contribution < -0.4 is 0 Å². The first-order valence-corrected chi connectivity index (χ1v) is 5.16. The van der Waals surface area contributed by atoms with Gasteiger partial charge in [-0.05, 0) is 35.0 Å². The Morgan fingerprint density at radius 1 is 1.44 bits per heavy atom. The molecule has 0 spiro atoms. The highest BCUT2D eigenvalue weighted by atomic mass is 79.9. The number of alkyl halides is 3. The topological polar surface area (TPSA) is 42.4 Å². The van der Waals surface area contributed by atoms with Crippen molar-refractivity contribution in [3.8, 4) is 0 Å². The van der Waals surface area contributed by atoms with Gasteiger partial charge in [-0.15, -0.1) is 0 Å². The third kappa shape index (κ3) is 2.53. The molecule has 1 heterocycles. The smallest absolute Gasteiger partial charge is 0.354 e.